The molecule has 0 saturated carbocycles. The summed E-state index contributed by atoms with van der Waals surface area (Å²) in [6.45, 7) is 0. The van der Waals surface area contributed by atoms with Crippen LogP contribution in [0.5, 0.6) is 5.75 Å². The van der Waals surface area contributed by atoms with Crippen molar-refractivity contribution in [1.29, 1.82) is 0 Å². The molecule has 6 nitrogen and oxygen atoms in total. The maximum atomic E-state index is 6.27. The molecule has 0 saturated heterocycles. The fraction of sp³-hybridized carbons (Fsp3) is 0.0588. The summed E-state index contributed by atoms with van der Waals surface area (Å²) < 4.78 is 10.9. The zero-order valence-corrected chi connectivity index (χ0v) is 13.4. The molecule has 2 aromatic carbocycles. The summed E-state index contributed by atoms with van der Waals surface area (Å²) in [5.74, 6) is 1.59. The molecular weight excluding hydrogens is 328 g/mol. The standard InChI is InChI=1S/C17H11ClN4O2/c1-23-11-7-8-13-12(9-11)14(18)20-15(19-13)17-22-21-16(24-17)10-5-3-2-4-6-10/h2-9H,1H3. The minimum Gasteiger partial charge on any atom is -0.497 e. The summed E-state index contributed by atoms with van der Waals surface area (Å²) in [5.41, 5.74) is 1.50. The molecule has 2 aromatic heterocycles. The van der Waals surface area contributed by atoms with Crippen molar-refractivity contribution in [2.75, 3.05) is 7.11 Å². The van der Waals surface area contributed by atoms with Crippen molar-refractivity contribution < 1.29 is 9.15 Å². The molecule has 118 valence electrons. The van der Waals surface area contributed by atoms with Gasteiger partial charge in [-0.3, -0.25) is 0 Å². The SMILES string of the molecule is COc1ccc2nc(-c3nnc(-c4ccccc4)o3)nc(Cl)c2c1. The number of hydrogen-bond donors (Lipinski definition) is 0. The van der Waals surface area contributed by atoms with Gasteiger partial charge in [-0.2, -0.15) is 0 Å². The maximum absolute atomic E-state index is 6.27. The number of benzene rings is 2. The summed E-state index contributed by atoms with van der Waals surface area (Å²) in [4.78, 5) is 8.70. The molecule has 4 aromatic rings. The smallest absolute Gasteiger partial charge is 0.286 e. The number of ether oxygens (including phenoxy) is 1. The normalized spacial score (nSPS) is 10.9. The van der Waals surface area contributed by atoms with E-state index in [9.17, 15) is 0 Å². The quantitative estimate of drug-likeness (QED) is 0.525. The molecular formula is C17H11ClN4O2. The minimum atomic E-state index is 0.216. The number of halogens is 1. The minimum absolute atomic E-state index is 0.216. The molecule has 7 heteroatoms. The Balaban J connectivity index is 1.78. The van der Waals surface area contributed by atoms with E-state index in [0.29, 0.717) is 27.7 Å². The van der Waals surface area contributed by atoms with Gasteiger partial charge in [0, 0.05) is 10.9 Å². The predicted octanol–water partition coefficient (Wildman–Crippen LogP) is 4.01. The Labute approximate surface area is 142 Å². The Kier molecular flexibility index (Phi) is 3.59. The van der Waals surface area contributed by atoms with Crippen LogP contribution in [0.25, 0.3) is 34.1 Å². The average Bonchev–Trinajstić information content (AvgIpc) is 3.12. The van der Waals surface area contributed by atoms with E-state index < -0.39 is 0 Å². The van der Waals surface area contributed by atoms with Crippen molar-refractivity contribution in [2.24, 2.45) is 0 Å². The van der Waals surface area contributed by atoms with Crippen molar-refractivity contribution in [3.8, 4) is 28.9 Å². The zero-order chi connectivity index (χ0) is 16.5. The van der Waals surface area contributed by atoms with Gasteiger partial charge in [0.1, 0.15) is 10.9 Å². The van der Waals surface area contributed by atoms with Crippen LogP contribution in [0.4, 0.5) is 0 Å². The predicted molar refractivity (Wildman–Crippen MR) is 89.8 cm³/mol. The van der Waals surface area contributed by atoms with Crippen LogP contribution >= 0.6 is 11.6 Å². The third kappa shape index (κ3) is 2.57. The van der Waals surface area contributed by atoms with Gasteiger partial charge in [0.05, 0.1) is 12.6 Å². The first-order chi connectivity index (χ1) is 11.7. The third-order valence-corrected chi connectivity index (χ3v) is 3.78. The summed E-state index contributed by atoms with van der Waals surface area (Å²) in [6.07, 6.45) is 0. The van der Waals surface area contributed by atoms with Crippen molar-refractivity contribution in [3.05, 3.63) is 53.7 Å². The number of hydrogen-bond acceptors (Lipinski definition) is 6. The van der Waals surface area contributed by atoms with E-state index >= 15 is 0 Å². The van der Waals surface area contributed by atoms with E-state index in [2.05, 4.69) is 20.2 Å². The van der Waals surface area contributed by atoms with Crippen LogP contribution in [-0.2, 0) is 0 Å². The highest BCUT2D eigenvalue weighted by molar-refractivity contribution is 6.34. The van der Waals surface area contributed by atoms with E-state index in [-0.39, 0.29) is 11.7 Å². The number of nitrogens with zero attached hydrogens (tertiary/aromatic N) is 4. The number of methoxy groups -OCH3 is 1. The van der Waals surface area contributed by atoms with E-state index in [0.717, 1.165) is 5.56 Å². The Morgan fingerprint density at radius 2 is 1.75 bits per heavy atom. The molecule has 0 unspecified atom stereocenters. The molecule has 0 bridgehead atoms. The second-order valence-corrected chi connectivity index (χ2v) is 5.36. The van der Waals surface area contributed by atoms with Gasteiger partial charge in [0.2, 0.25) is 11.7 Å². The van der Waals surface area contributed by atoms with Crippen LogP contribution in [0, 0.1) is 0 Å². The molecule has 2 heterocycles. The largest absolute Gasteiger partial charge is 0.497 e. The van der Waals surface area contributed by atoms with Crippen molar-refractivity contribution in [2.45, 2.75) is 0 Å². The first-order valence-corrected chi connectivity index (χ1v) is 7.53. The van der Waals surface area contributed by atoms with Gasteiger partial charge in [-0.25, -0.2) is 9.97 Å². The molecule has 0 fully saturated rings. The monoisotopic (exact) mass is 338 g/mol. The molecule has 0 N–H and O–H groups in total. The zero-order valence-electron chi connectivity index (χ0n) is 12.6. The molecule has 0 atom stereocenters. The van der Waals surface area contributed by atoms with Crippen LogP contribution in [0.3, 0.4) is 0 Å². The Morgan fingerprint density at radius 1 is 0.958 bits per heavy atom. The molecule has 0 aliphatic carbocycles. The summed E-state index contributed by atoms with van der Waals surface area (Å²) in [5, 5.41) is 9.06. The van der Waals surface area contributed by atoms with Crippen LogP contribution in [0.1, 0.15) is 0 Å². The van der Waals surface area contributed by atoms with E-state index in [1.54, 1.807) is 25.3 Å². The summed E-state index contributed by atoms with van der Waals surface area (Å²) in [6, 6.07) is 14.9. The molecule has 0 amide bonds. The third-order valence-electron chi connectivity index (χ3n) is 3.49. The highest BCUT2D eigenvalue weighted by Gasteiger charge is 2.15. The molecule has 0 radical (unpaired) electrons. The van der Waals surface area contributed by atoms with Gasteiger partial charge in [-0.05, 0) is 30.3 Å². The molecule has 24 heavy (non-hydrogen) atoms. The lowest BCUT2D eigenvalue weighted by atomic mass is 10.2. The van der Waals surface area contributed by atoms with Crippen LogP contribution in [-0.4, -0.2) is 27.3 Å². The Bertz CT molecular complexity index is 1020. The van der Waals surface area contributed by atoms with Gasteiger partial charge in [-0.1, -0.05) is 29.8 Å². The fourth-order valence-electron chi connectivity index (χ4n) is 2.30. The highest BCUT2D eigenvalue weighted by Crippen LogP contribution is 2.28. The summed E-state index contributed by atoms with van der Waals surface area (Å²) in [7, 11) is 1.59. The second-order valence-electron chi connectivity index (χ2n) is 5.00. The lowest BCUT2D eigenvalue weighted by Gasteiger charge is -2.04. The van der Waals surface area contributed by atoms with Crippen molar-refractivity contribution in [1.82, 2.24) is 20.2 Å². The van der Waals surface area contributed by atoms with Gasteiger partial charge in [-0.15, -0.1) is 10.2 Å². The van der Waals surface area contributed by atoms with E-state index in [1.807, 2.05) is 30.3 Å². The average molecular weight is 339 g/mol. The second kappa shape index (κ2) is 5.90. The van der Waals surface area contributed by atoms with Crippen LogP contribution < -0.4 is 4.74 Å². The first kappa shape index (κ1) is 14.6. The van der Waals surface area contributed by atoms with Gasteiger partial charge in [0.15, 0.2) is 0 Å². The Hall–Kier alpha value is -2.99. The number of fused-ring (bicyclic) bond motifs is 1. The first-order valence-electron chi connectivity index (χ1n) is 7.15. The molecule has 0 aliphatic heterocycles. The summed E-state index contributed by atoms with van der Waals surface area (Å²) >= 11 is 6.27. The number of aromatic nitrogens is 4. The van der Waals surface area contributed by atoms with Gasteiger partial charge in [0.25, 0.3) is 5.89 Å². The van der Waals surface area contributed by atoms with Crippen molar-refractivity contribution >= 4 is 22.5 Å². The van der Waals surface area contributed by atoms with Gasteiger partial charge >= 0.3 is 0 Å². The topological polar surface area (TPSA) is 73.9 Å². The Morgan fingerprint density at radius 3 is 2.54 bits per heavy atom. The lowest BCUT2D eigenvalue weighted by molar-refractivity contribution is 0.415. The molecule has 0 spiro atoms. The molecule has 4 rings (SSSR count). The lowest BCUT2D eigenvalue weighted by Crippen LogP contribution is -1.93. The van der Waals surface area contributed by atoms with Gasteiger partial charge < -0.3 is 9.15 Å². The van der Waals surface area contributed by atoms with Crippen LogP contribution in [0.15, 0.2) is 52.9 Å². The van der Waals surface area contributed by atoms with E-state index in [1.165, 1.54) is 0 Å². The number of rotatable bonds is 3. The maximum Gasteiger partial charge on any atom is 0.286 e. The van der Waals surface area contributed by atoms with Crippen molar-refractivity contribution in [3.63, 3.8) is 0 Å². The fourth-order valence-corrected chi connectivity index (χ4v) is 2.54. The highest BCUT2D eigenvalue weighted by atomic mass is 35.5. The van der Waals surface area contributed by atoms with Crippen LogP contribution in [0.2, 0.25) is 5.15 Å². The van der Waals surface area contributed by atoms with E-state index in [4.69, 9.17) is 20.8 Å². The molecule has 0 aliphatic rings.